The molecule has 2 aliphatic heterocycles. The van der Waals surface area contributed by atoms with E-state index in [2.05, 4.69) is 5.32 Å². The van der Waals surface area contributed by atoms with E-state index in [0.717, 1.165) is 6.42 Å². The predicted molar refractivity (Wildman–Crippen MR) is 84.0 cm³/mol. The standard InChI is InChI=1S/C16H26N2O6/c1-5-22-14-10(9-12(19)23-14)17-13(20)11-7-6-8-18(11)15(21)24-16(2,3)4/h10-11,14H,5-9H2,1-4H3,(H,17,20)/t10?,11-,14?/m0/s1. The van der Waals surface area contributed by atoms with Crippen molar-refractivity contribution in [1.29, 1.82) is 0 Å². The number of hydrogen-bond donors (Lipinski definition) is 1. The van der Waals surface area contributed by atoms with Gasteiger partial charge >= 0.3 is 12.1 Å². The van der Waals surface area contributed by atoms with Crippen molar-refractivity contribution < 1.29 is 28.6 Å². The third-order valence-corrected chi connectivity index (χ3v) is 3.80. The van der Waals surface area contributed by atoms with Crippen molar-refractivity contribution in [3.63, 3.8) is 0 Å². The molecule has 0 spiro atoms. The van der Waals surface area contributed by atoms with Crippen LogP contribution in [-0.4, -0.2) is 60.0 Å². The van der Waals surface area contributed by atoms with Gasteiger partial charge in [-0.1, -0.05) is 0 Å². The number of nitrogens with one attached hydrogen (secondary N) is 1. The van der Waals surface area contributed by atoms with Crippen LogP contribution in [0, 0.1) is 0 Å². The molecular formula is C16H26N2O6. The van der Waals surface area contributed by atoms with E-state index in [-0.39, 0.29) is 12.3 Å². The average Bonchev–Trinajstić information content (AvgIpc) is 3.04. The van der Waals surface area contributed by atoms with Gasteiger partial charge in [0.2, 0.25) is 12.2 Å². The van der Waals surface area contributed by atoms with Gasteiger partial charge in [0.1, 0.15) is 17.7 Å². The topological polar surface area (TPSA) is 94.2 Å². The smallest absolute Gasteiger partial charge is 0.410 e. The maximum Gasteiger partial charge on any atom is 0.410 e. The van der Waals surface area contributed by atoms with Gasteiger partial charge in [0.25, 0.3) is 0 Å². The van der Waals surface area contributed by atoms with Crippen molar-refractivity contribution in [1.82, 2.24) is 10.2 Å². The van der Waals surface area contributed by atoms with Crippen LogP contribution >= 0.6 is 0 Å². The Morgan fingerprint density at radius 3 is 2.71 bits per heavy atom. The maximum absolute atomic E-state index is 12.6. The molecule has 0 aromatic rings. The Balaban J connectivity index is 1.97. The predicted octanol–water partition coefficient (Wildman–Crippen LogP) is 1.18. The summed E-state index contributed by atoms with van der Waals surface area (Å²) >= 11 is 0. The van der Waals surface area contributed by atoms with Crippen LogP contribution < -0.4 is 5.32 Å². The number of rotatable bonds is 4. The van der Waals surface area contributed by atoms with Crippen LogP contribution in [0.15, 0.2) is 0 Å². The number of carbonyl (C=O) groups excluding carboxylic acids is 3. The van der Waals surface area contributed by atoms with Gasteiger partial charge in [-0.2, -0.15) is 0 Å². The number of likely N-dealkylation sites (tertiary alicyclic amines) is 1. The monoisotopic (exact) mass is 342 g/mol. The molecule has 8 heteroatoms. The summed E-state index contributed by atoms with van der Waals surface area (Å²) in [5.41, 5.74) is -0.619. The van der Waals surface area contributed by atoms with Crippen LogP contribution in [-0.2, 0) is 23.8 Å². The van der Waals surface area contributed by atoms with E-state index in [1.165, 1.54) is 4.90 Å². The Morgan fingerprint density at radius 1 is 1.38 bits per heavy atom. The lowest BCUT2D eigenvalue weighted by molar-refractivity contribution is -0.164. The molecule has 0 aromatic carbocycles. The zero-order valence-corrected chi connectivity index (χ0v) is 14.7. The minimum Gasteiger partial charge on any atom is -0.444 e. The lowest BCUT2D eigenvalue weighted by Gasteiger charge is -2.29. The molecule has 2 amide bonds. The largest absolute Gasteiger partial charge is 0.444 e. The number of hydrogen-bond acceptors (Lipinski definition) is 6. The van der Waals surface area contributed by atoms with Crippen molar-refractivity contribution in [2.75, 3.05) is 13.2 Å². The summed E-state index contributed by atoms with van der Waals surface area (Å²) in [7, 11) is 0. The first-order chi connectivity index (χ1) is 11.2. The summed E-state index contributed by atoms with van der Waals surface area (Å²) in [6.45, 7) is 7.98. The second kappa shape index (κ2) is 7.38. The molecule has 3 atom stereocenters. The third-order valence-electron chi connectivity index (χ3n) is 3.80. The Labute approximate surface area is 141 Å². The normalized spacial score (nSPS) is 27.1. The lowest BCUT2D eigenvalue weighted by Crippen LogP contribution is -2.51. The summed E-state index contributed by atoms with van der Waals surface area (Å²) in [6.07, 6.45) is 0.0800. The fourth-order valence-electron chi connectivity index (χ4n) is 2.83. The first-order valence-corrected chi connectivity index (χ1v) is 8.32. The number of cyclic esters (lactones) is 1. The van der Waals surface area contributed by atoms with Crippen molar-refractivity contribution in [3.05, 3.63) is 0 Å². The lowest BCUT2D eigenvalue weighted by atomic mass is 10.1. The molecule has 2 saturated heterocycles. The van der Waals surface area contributed by atoms with Crippen LogP contribution in [0.1, 0.15) is 47.0 Å². The van der Waals surface area contributed by atoms with Gasteiger partial charge in [0.05, 0.1) is 6.42 Å². The first-order valence-electron chi connectivity index (χ1n) is 8.32. The van der Waals surface area contributed by atoms with Crippen LogP contribution in [0.4, 0.5) is 4.79 Å². The van der Waals surface area contributed by atoms with Crippen LogP contribution in [0.25, 0.3) is 0 Å². The molecule has 2 fully saturated rings. The molecule has 2 rings (SSSR count). The fourth-order valence-corrected chi connectivity index (χ4v) is 2.83. The molecule has 24 heavy (non-hydrogen) atoms. The highest BCUT2D eigenvalue weighted by Gasteiger charge is 2.41. The molecule has 8 nitrogen and oxygen atoms in total. The second-order valence-electron chi connectivity index (χ2n) is 6.96. The molecule has 2 aliphatic rings. The fraction of sp³-hybridized carbons (Fsp3) is 0.812. The van der Waals surface area contributed by atoms with Crippen LogP contribution in [0.5, 0.6) is 0 Å². The Bertz CT molecular complexity index is 501. The maximum atomic E-state index is 12.6. The van der Waals surface area contributed by atoms with Gasteiger partial charge in [0.15, 0.2) is 0 Å². The van der Waals surface area contributed by atoms with Crippen molar-refractivity contribution >= 4 is 18.0 Å². The highest BCUT2D eigenvalue weighted by molar-refractivity contribution is 5.87. The summed E-state index contributed by atoms with van der Waals surface area (Å²) in [5, 5.41) is 2.77. The second-order valence-corrected chi connectivity index (χ2v) is 6.96. The zero-order valence-electron chi connectivity index (χ0n) is 14.7. The highest BCUT2D eigenvalue weighted by Crippen LogP contribution is 2.22. The van der Waals surface area contributed by atoms with Crippen molar-refractivity contribution in [2.45, 2.75) is 70.9 Å². The van der Waals surface area contributed by atoms with Crippen molar-refractivity contribution in [2.24, 2.45) is 0 Å². The molecule has 0 aromatic heterocycles. The van der Waals surface area contributed by atoms with E-state index < -0.39 is 36.0 Å². The SMILES string of the molecule is CCOC1OC(=O)CC1NC(=O)[C@@H]1CCCN1C(=O)OC(C)(C)C. The van der Waals surface area contributed by atoms with Crippen LogP contribution in [0.2, 0.25) is 0 Å². The summed E-state index contributed by atoms with van der Waals surface area (Å²) < 4.78 is 15.7. The number of esters is 1. The minimum absolute atomic E-state index is 0.0650. The van der Waals surface area contributed by atoms with E-state index in [1.54, 1.807) is 27.7 Å². The third kappa shape index (κ3) is 4.59. The van der Waals surface area contributed by atoms with Gasteiger partial charge in [-0.25, -0.2) is 4.79 Å². The van der Waals surface area contributed by atoms with E-state index in [1.807, 2.05) is 0 Å². The summed E-state index contributed by atoms with van der Waals surface area (Å²) in [4.78, 5) is 37.7. The van der Waals surface area contributed by atoms with Gasteiger partial charge in [-0.15, -0.1) is 0 Å². The average molecular weight is 342 g/mol. The van der Waals surface area contributed by atoms with Gasteiger partial charge in [-0.05, 0) is 40.5 Å². The molecular weight excluding hydrogens is 316 g/mol. The molecule has 0 aliphatic carbocycles. The van der Waals surface area contributed by atoms with Gasteiger partial charge in [0, 0.05) is 13.2 Å². The van der Waals surface area contributed by atoms with Gasteiger partial charge in [-0.3, -0.25) is 14.5 Å². The highest BCUT2D eigenvalue weighted by atomic mass is 16.7. The molecule has 0 saturated carbocycles. The van der Waals surface area contributed by atoms with Crippen molar-refractivity contribution in [3.8, 4) is 0 Å². The molecule has 2 heterocycles. The molecule has 0 radical (unpaired) electrons. The molecule has 0 bridgehead atoms. The Hall–Kier alpha value is -1.83. The minimum atomic E-state index is -0.775. The van der Waals surface area contributed by atoms with E-state index >= 15 is 0 Å². The number of ether oxygens (including phenoxy) is 3. The van der Waals surface area contributed by atoms with E-state index in [4.69, 9.17) is 14.2 Å². The van der Waals surface area contributed by atoms with Gasteiger partial charge < -0.3 is 19.5 Å². The molecule has 1 N–H and O–H groups in total. The summed E-state index contributed by atoms with van der Waals surface area (Å²) in [5.74, 6) is -0.722. The number of nitrogens with zero attached hydrogens (tertiary/aromatic N) is 1. The molecule has 2 unspecified atom stereocenters. The zero-order chi connectivity index (χ0) is 17.9. The van der Waals surface area contributed by atoms with Crippen LogP contribution in [0.3, 0.4) is 0 Å². The Morgan fingerprint density at radius 2 is 2.08 bits per heavy atom. The summed E-state index contributed by atoms with van der Waals surface area (Å²) in [6, 6.07) is -1.14. The number of amides is 2. The first kappa shape index (κ1) is 18.5. The quantitative estimate of drug-likeness (QED) is 0.771. The van der Waals surface area contributed by atoms with E-state index in [9.17, 15) is 14.4 Å². The van der Waals surface area contributed by atoms with E-state index in [0.29, 0.717) is 19.6 Å². The number of carbonyl (C=O) groups is 3. The Kier molecular flexibility index (Phi) is 5.69. The molecule has 136 valence electrons.